The van der Waals surface area contributed by atoms with Crippen molar-refractivity contribution in [3.8, 4) is 11.5 Å². The molecule has 1 fully saturated rings. The monoisotopic (exact) mass is 468 g/mol. The van der Waals surface area contributed by atoms with E-state index in [-0.39, 0.29) is 23.7 Å². The highest BCUT2D eigenvalue weighted by Crippen LogP contribution is 2.30. The Hall–Kier alpha value is -2.33. The lowest BCUT2D eigenvalue weighted by Crippen LogP contribution is -2.42. The number of amides is 1. The number of carbonyl (C=O) groups is 1. The second kappa shape index (κ2) is 9.44. The van der Waals surface area contributed by atoms with Crippen molar-refractivity contribution in [1.82, 2.24) is 4.31 Å². The van der Waals surface area contributed by atoms with Crippen molar-refractivity contribution in [2.75, 3.05) is 38.7 Å². The van der Waals surface area contributed by atoms with E-state index in [4.69, 9.17) is 25.8 Å². The first-order valence-electron chi connectivity index (χ1n) is 9.65. The number of hydrogen-bond donors (Lipinski definition) is 1. The number of hydrogen-bond acceptors (Lipinski definition) is 6. The molecule has 0 spiro atoms. The average molecular weight is 469 g/mol. The number of morpholine rings is 1. The van der Waals surface area contributed by atoms with Gasteiger partial charge in [-0.25, -0.2) is 8.42 Å². The van der Waals surface area contributed by atoms with Gasteiger partial charge < -0.3 is 19.5 Å². The van der Waals surface area contributed by atoms with Crippen LogP contribution in [-0.2, 0) is 19.6 Å². The quantitative estimate of drug-likeness (QED) is 0.670. The summed E-state index contributed by atoms with van der Waals surface area (Å²) in [7, 11) is -2.29. The predicted octanol–water partition coefficient (Wildman–Crippen LogP) is 3.17. The molecule has 31 heavy (non-hydrogen) atoms. The van der Waals surface area contributed by atoms with E-state index in [1.165, 1.54) is 29.6 Å². The molecule has 0 atom stereocenters. The molecular formula is C21H25ClN2O6S. The second-order valence-electron chi connectivity index (χ2n) is 7.40. The molecule has 1 saturated heterocycles. The van der Waals surface area contributed by atoms with E-state index in [2.05, 4.69) is 5.32 Å². The standard InChI is InChI=1S/C21H25ClN2O6S/c1-21(2,30-16-6-4-15(22)5-7-16)20(25)23-18-14-17(8-9-19(18)28-3)31(26,27)24-10-12-29-13-11-24/h4-9,14H,10-13H2,1-3H3,(H,23,25). The molecule has 3 rings (SSSR count). The van der Waals surface area contributed by atoms with Gasteiger partial charge in [-0.1, -0.05) is 11.6 Å². The Morgan fingerprint density at radius 1 is 1.13 bits per heavy atom. The Balaban J connectivity index is 1.83. The Kier molecular flexibility index (Phi) is 7.10. The maximum Gasteiger partial charge on any atom is 0.268 e. The SMILES string of the molecule is COc1ccc(S(=O)(=O)N2CCOCC2)cc1NC(=O)C(C)(C)Oc1ccc(Cl)cc1. The number of anilines is 1. The van der Waals surface area contributed by atoms with Gasteiger partial charge in [0.15, 0.2) is 5.60 Å². The van der Waals surface area contributed by atoms with Crippen LogP contribution in [0.1, 0.15) is 13.8 Å². The van der Waals surface area contributed by atoms with Gasteiger partial charge in [-0.3, -0.25) is 4.79 Å². The third kappa shape index (κ3) is 5.48. The van der Waals surface area contributed by atoms with Gasteiger partial charge in [-0.15, -0.1) is 0 Å². The molecule has 10 heteroatoms. The third-order valence-electron chi connectivity index (χ3n) is 4.76. The third-order valence-corrected chi connectivity index (χ3v) is 6.91. The largest absolute Gasteiger partial charge is 0.495 e. The summed E-state index contributed by atoms with van der Waals surface area (Å²) in [5, 5.41) is 3.28. The van der Waals surface area contributed by atoms with Crippen LogP contribution >= 0.6 is 11.6 Å². The molecule has 0 unspecified atom stereocenters. The number of methoxy groups -OCH3 is 1. The zero-order valence-electron chi connectivity index (χ0n) is 17.6. The van der Waals surface area contributed by atoms with Crippen molar-refractivity contribution in [2.45, 2.75) is 24.3 Å². The Bertz CT molecular complexity index is 1030. The van der Waals surface area contributed by atoms with E-state index in [0.717, 1.165) is 0 Å². The van der Waals surface area contributed by atoms with Crippen LogP contribution in [0.15, 0.2) is 47.4 Å². The van der Waals surface area contributed by atoms with Crippen LogP contribution in [0.2, 0.25) is 5.02 Å². The minimum absolute atomic E-state index is 0.0573. The van der Waals surface area contributed by atoms with Gasteiger partial charge >= 0.3 is 0 Å². The fraction of sp³-hybridized carbons (Fsp3) is 0.381. The summed E-state index contributed by atoms with van der Waals surface area (Å²) in [5.74, 6) is 0.332. The number of carbonyl (C=O) groups excluding carboxylic acids is 1. The lowest BCUT2D eigenvalue weighted by atomic mass is 10.1. The molecular weight excluding hydrogens is 444 g/mol. The summed E-state index contributed by atoms with van der Waals surface area (Å²) >= 11 is 5.89. The fourth-order valence-electron chi connectivity index (χ4n) is 3.00. The maximum atomic E-state index is 13.0. The van der Waals surface area contributed by atoms with Crippen molar-refractivity contribution < 1.29 is 27.4 Å². The number of rotatable bonds is 7. The van der Waals surface area contributed by atoms with Crippen molar-refractivity contribution in [1.29, 1.82) is 0 Å². The summed E-state index contributed by atoms with van der Waals surface area (Å²) in [6, 6.07) is 11.0. The highest BCUT2D eigenvalue weighted by atomic mass is 35.5. The minimum Gasteiger partial charge on any atom is -0.495 e. The fourth-order valence-corrected chi connectivity index (χ4v) is 4.56. The Morgan fingerprint density at radius 3 is 2.39 bits per heavy atom. The van der Waals surface area contributed by atoms with E-state index >= 15 is 0 Å². The van der Waals surface area contributed by atoms with E-state index in [1.807, 2.05) is 0 Å². The van der Waals surface area contributed by atoms with Gasteiger partial charge in [0.2, 0.25) is 10.0 Å². The topological polar surface area (TPSA) is 94.2 Å². The molecule has 2 aromatic rings. The number of nitrogens with one attached hydrogen (secondary N) is 1. The molecule has 1 amide bonds. The van der Waals surface area contributed by atoms with E-state index in [9.17, 15) is 13.2 Å². The van der Waals surface area contributed by atoms with E-state index in [0.29, 0.717) is 29.7 Å². The molecule has 1 aliphatic rings. The van der Waals surface area contributed by atoms with E-state index in [1.54, 1.807) is 38.1 Å². The smallest absolute Gasteiger partial charge is 0.268 e. The van der Waals surface area contributed by atoms with E-state index < -0.39 is 21.5 Å². The van der Waals surface area contributed by atoms with Crippen LogP contribution in [0.3, 0.4) is 0 Å². The zero-order chi connectivity index (χ0) is 22.6. The van der Waals surface area contributed by atoms with Gasteiger partial charge in [0.05, 0.1) is 30.9 Å². The lowest BCUT2D eigenvalue weighted by Gasteiger charge is -2.27. The van der Waals surface area contributed by atoms with Crippen molar-refractivity contribution in [3.05, 3.63) is 47.5 Å². The van der Waals surface area contributed by atoms with Crippen molar-refractivity contribution >= 4 is 33.2 Å². The van der Waals surface area contributed by atoms with Gasteiger partial charge in [-0.05, 0) is 56.3 Å². The number of benzene rings is 2. The molecule has 0 radical (unpaired) electrons. The lowest BCUT2D eigenvalue weighted by molar-refractivity contribution is -0.128. The van der Waals surface area contributed by atoms with Crippen LogP contribution < -0.4 is 14.8 Å². The molecule has 8 nitrogen and oxygen atoms in total. The first-order valence-corrected chi connectivity index (χ1v) is 11.5. The average Bonchev–Trinajstić information content (AvgIpc) is 2.75. The predicted molar refractivity (Wildman–Crippen MR) is 117 cm³/mol. The molecule has 1 N–H and O–H groups in total. The highest BCUT2D eigenvalue weighted by Gasteiger charge is 2.32. The first kappa shape index (κ1) is 23.3. The summed E-state index contributed by atoms with van der Waals surface area (Å²) < 4.78 is 43.6. The maximum absolute atomic E-state index is 13.0. The Morgan fingerprint density at radius 2 is 1.77 bits per heavy atom. The second-order valence-corrected chi connectivity index (χ2v) is 9.77. The molecule has 168 valence electrons. The number of sulfonamides is 1. The van der Waals surface area contributed by atoms with Crippen LogP contribution in [-0.4, -0.2) is 57.6 Å². The number of nitrogens with zero attached hydrogens (tertiary/aromatic N) is 1. The van der Waals surface area contributed by atoms with Gasteiger partial charge in [0.1, 0.15) is 11.5 Å². The van der Waals surface area contributed by atoms with Crippen molar-refractivity contribution in [3.63, 3.8) is 0 Å². The molecule has 1 aliphatic heterocycles. The normalized spacial score (nSPS) is 15.4. The van der Waals surface area contributed by atoms with Crippen molar-refractivity contribution in [2.24, 2.45) is 0 Å². The van der Waals surface area contributed by atoms with Gasteiger partial charge in [0.25, 0.3) is 5.91 Å². The molecule has 0 bridgehead atoms. The molecule has 0 saturated carbocycles. The number of ether oxygens (including phenoxy) is 3. The highest BCUT2D eigenvalue weighted by molar-refractivity contribution is 7.89. The van der Waals surface area contributed by atoms with Crippen LogP contribution in [0.25, 0.3) is 0 Å². The van der Waals surface area contributed by atoms with Crippen LogP contribution in [0.5, 0.6) is 11.5 Å². The minimum atomic E-state index is -3.73. The van der Waals surface area contributed by atoms with Gasteiger partial charge in [0, 0.05) is 18.1 Å². The molecule has 0 aliphatic carbocycles. The molecule has 0 aromatic heterocycles. The van der Waals surface area contributed by atoms with Crippen LogP contribution in [0.4, 0.5) is 5.69 Å². The van der Waals surface area contributed by atoms with Crippen LogP contribution in [0, 0.1) is 0 Å². The molecule has 2 aromatic carbocycles. The summed E-state index contributed by atoms with van der Waals surface area (Å²) in [5.41, 5.74) is -1.02. The summed E-state index contributed by atoms with van der Waals surface area (Å²) in [4.78, 5) is 13.0. The summed E-state index contributed by atoms with van der Waals surface area (Å²) in [6.07, 6.45) is 0. The molecule has 1 heterocycles. The zero-order valence-corrected chi connectivity index (χ0v) is 19.1. The first-order chi connectivity index (χ1) is 14.6. The van der Waals surface area contributed by atoms with Gasteiger partial charge in [-0.2, -0.15) is 4.31 Å². The number of halogens is 1. The Labute approximate surface area is 187 Å². The summed E-state index contributed by atoms with van der Waals surface area (Å²) in [6.45, 7) is 4.45.